The number of nitrogens with zero attached hydrogens (tertiary/aromatic N) is 1. The first-order chi connectivity index (χ1) is 9.16. The summed E-state index contributed by atoms with van der Waals surface area (Å²) in [4.78, 5) is 22.3. The molecule has 0 unspecified atom stereocenters. The highest BCUT2D eigenvalue weighted by atomic mass is 16.5. The van der Waals surface area contributed by atoms with Crippen molar-refractivity contribution in [3.63, 3.8) is 0 Å². The molecule has 98 valence electrons. The van der Waals surface area contributed by atoms with Crippen LogP contribution in [0.3, 0.4) is 0 Å². The van der Waals surface area contributed by atoms with E-state index >= 15 is 0 Å². The number of carbonyl (C=O) groups is 2. The average molecular weight is 260 g/mol. The number of carboxylic acids is 1. The number of rotatable bonds is 5. The minimum Gasteiger partial charge on any atom is -0.478 e. The predicted molar refractivity (Wildman–Crippen MR) is 65.9 cm³/mol. The number of aromatic carboxylic acids is 1. The third-order valence-electron chi connectivity index (χ3n) is 2.53. The molecule has 0 spiro atoms. The van der Waals surface area contributed by atoms with Gasteiger partial charge in [-0.25, -0.2) is 4.79 Å². The summed E-state index contributed by atoms with van der Waals surface area (Å²) >= 11 is 0. The van der Waals surface area contributed by atoms with Crippen LogP contribution in [0.2, 0.25) is 0 Å². The number of nitrogens with one attached hydrogen (secondary N) is 1. The lowest BCUT2D eigenvalue weighted by atomic mass is 10.1. The summed E-state index contributed by atoms with van der Waals surface area (Å²) in [6, 6.07) is 8.08. The molecule has 2 aromatic rings. The van der Waals surface area contributed by atoms with Gasteiger partial charge in [0.2, 0.25) is 5.76 Å². The third kappa shape index (κ3) is 3.41. The molecule has 0 saturated carbocycles. The van der Waals surface area contributed by atoms with Crippen molar-refractivity contribution in [3.05, 3.63) is 53.4 Å². The number of benzene rings is 1. The van der Waals surface area contributed by atoms with Crippen molar-refractivity contribution in [3.8, 4) is 0 Å². The molecule has 0 aliphatic heterocycles. The Morgan fingerprint density at radius 3 is 2.84 bits per heavy atom. The standard InChI is InChI=1S/C13H12N2O4/c16-12(11-5-7-15-19-11)14-6-4-9-2-1-3-10(8-9)13(17)18/h1-3,5,7-8H,4,6H2,(H,14,16)(H,17,18). The van der Waals surface area contributed by atoms with Crippen molar-refractivity contribution in [2.45, 2.75) is 6.42 Å². The maximum atomic E-state index is 11.5. The number of hydrogen-bond donors (Lipinski definition) is 2. The topological polar surface area (TPSA) is 92.4 Å². The van der Waals surface area contributed by atoms with Gasteiger partial charge in [-0.1, -0.05) is 17.3 Å². The molecular formula is C13H12N2O4. The molecule has 0 aliphatic rings. The fourth-order valence-corrected chi connectivity index (χ4v) is 1.60. The summed E-state index contributed by atoms with van der Waals surface area (Å²) in [5.41, 5.74) is 1.08. The monoisotopic (exact) mass is 260 g/mol. The summed E-state index contributed by atoms with van der Waals surface area (Å²) in [7, 11) is 0. The average Bonchev–Trinajstić information content (AvgIpc) is 2.93. The molecule has 1 aromatic heterocycles. The predicted octanol–water partition coefficient (Wildman–Crippen LogP) is 1.35. The van der Waals surface area contributed by atoms with Crippen molar-refractivity contribution in [2.75, 3.05) is 6.54 Å². The Labute approximate surface area is 109 Å². The zero-order valence-electron chi connectivity index (χ0n) is 10.00. The molecule has 1 amide bonds. The van der Waals surface area contributed by atoms with E-state index in [9.17, 15) is 9.59 Å². The van der Waals surface area contributed by atoms with E-state index in [0.717, 1.165) is 5.56 Å². The van der Waals surface area contributed by atoms with Crippen LogP contribution in [-0.2, 0) is 6.42 Å². The number of aromatic nitrogens is 1. The van der Waals surface area contributed by atoms with Crippen LogP contribution in [0.4, 0.5) is 0 Å². The van der Waals surface area contributed by atoms with E-state index in [0.29, 0.717) is 13.0 Å². The van der Waals surface area contributed by atoms with Gasteiger partial charge in [-0.05, 0) is 24.1 Å². The lowest BCUT2D eigenvalue weighted by molar-refractivity contribution is 0.0696. The van der Waals surface area contributed by atoms with Gasteiger partial charge in [-0.2, -0.15) is 0 Å². The molecule has 2 rings (SSSR count). The highest BCUT2D eigenvalue weighted by Gasteiger charge is 2.08. The maximum absolute atomic E-state index is 11.5. The normalized spacial score (nSPS) is 10.1. The van der Waals surface area contributed by atoms with Crippen molar-refractivity contribution >= 4 is 11.9 Å². The van der Waals surface area contributed by atoms with Crippen molar-refractivity contribution in [2.24, 2.45) is 0 Å². The van der Waals surface area contributed by atoms with Crippen LogP contribution in [0.25, 0.3) is 0 Å². The fraction of sp³-hybridized carbons (Fsp3) is 0.154. The zero-order valence-corrected chi connectivity index (χ0v) is 10.00. The maximum Gasteiger partial charge on any atom is 0.335 e. The van der Waals surface area contributed by atoms with Crippen molar-refractivity contribution in [1.82, 2.24) is 10.5 Å². The molecule has 6 heteroatoms. The summed E-state index contributed by atoms with van der Waals surface area (Å²) < 4.78 is 4.71. The molecule has 0 saturated heterocycles. The van der Waals surface area contributed by atoms with Crippen LogP contribution < -0.4 is 5.32 Å². The lowest BCUT2D eigenvalue weighted by Gasteiger charge is -2.04. The molecule has 0 bridgehead atoms. The Balaban J connectivity index is 1.87. The quantitative estimate of drug-likeness (QED) is 0.846. The Morgan fingerprint density at radius 2 is 2.16 bits per heavy atom. The smallest absolute Gasteiger partial charge is 0.335 e. The number of amides is 1. The van der Waals surface area contributed by atoms with E-state index in [1.165, 1.54) is 18.3 Å². The van der Waals surface area contributed by atoms with Crippen LogP contribution in [0.1, 0.15) is 26.5 Å². The highest BCUT2D eigenvalue weighted by Crippen LogP contribution is 2.06. The van der Waals surface area contributed by atoms with Crippen LogP contribution in [0, 0.1) is 0 Å². The van der Waals surface area contributed by atoms with Gasteiger partial charge >= 0.3 is 5.97 Å². The van der Waals surface area contributed by atoms with Gasteiger partial charge in [-0.3, -0.25) is 4.79 Å². The number of carbonyl (C=O) groups excluding carboxylic acids is 1. The van der Waals surface area contributed by atoms with E-state index in [-0.39, 0.29) is 17.2 Å². The highest BCUT2D eigenvalue weighted by molar-refractivity contribution is 5.91. The molecule has 1 aromatic carbocycles. The van der Waals surface area contributed by atoms with Gasteiger partial charge in [0.15, 0.2) is 0 Å². The van der Waals surface area contributed by atoms with Crippen LogP contribution in [0.5, 0.6) is 0 Å². The zero-order chi connectivity index (χ0) is 13.7. The molecule has 0 aliphatic carbocycles. The summed E-state index contributed by atoms with van der Waals surface area (Å²) in [5, 5.41) is 15.0. The largest absolute Gasteiger partial charge is 0.478 e. The Kier molecular flexibility index (Phi) is 3.92. The van der Waals surface area contributed by atoms with Gasteiger partial charge in [0.25, 0.3) is 5.91 Å². The van der Waals surface area contributed by atoms with Crippen LogP contribution >= 0.6 is 0 Å². The minimum atomic E-state index is -0.965. The van der Waals surface area contributed by atoms with Gasteiger partial charge in [0.1, 0.15) is 0 Å². The Hall–Kier alpha value is -2.63. The molecule has 0 fully saturated rings. The third-order valence-corrected chi connectivity index (χ3v) is 2.53. The van der Waals surface area contributed by atoms with E-state index in [4.69, 9.17) is 9.63 Å². The SMILES string of the molecule is O=C(O)c1cccc(CCNC(=O)c2ccno2)c1. The van der Waals surface area contributed by atoms with Crippen molar-refractivity contribution in [1.29, 1.82) is 0 Å². The van der Waals surface area contributed by atoms with E-state index < -0.39 is 5.97 Å². The summed E-state index contributed by atoms with van der Waals surface area (Å²) in [5.74, 6) is -1.15. The molecule has 0 radical (unpaired) electrons. The number of carboxylic acid groups (broad SMARTS) is 1. The Bertz CT molecular complexity index is 578. The van der Waals surface area contributed by atoms with Gasteiger partial charge in [0.05, 0.1) is 11.8 Å². The molecule has 6 nitrogen and oxygen atoms in total. The van der Waals surface area contributed by atoms with Crippen LogP contribution in [0.15, 0.2) is 41.1 Å². The summed E-state index contributed by atoms with van der Waals surface area (Å²) in [6.45, 7) is 0.391. The van der Waals surface area contributed by atoms with E-state index in [1.807, 2.05) is 6.07 Å². The number of hydrogen-bond acceptors (Lipinski definition) is 4. The second kappa shape index (κ2) is 5.81. The fourth-order valence-electron chi connectivity index (χ4n) is 1.60. The minimum absolute atomic E-state index is 0.152. The first-order valence-electron chi connectivity index (χ1n) is 5.68. The Morgan fingerprint density at radius 1 is 1.32 bits per heavy atom. The van der Waals surface area contributed by atoms with Gasteiger partial charge < -0.3 is 14.9 Å². The first-order valence-corrected chi connectivity index (χ1v) is 5.68. The molecular weight excluding hydrogens is 248 g/mol. The second-order valence-electron chi connectivity index (χ2n) is 3.89. The van der Waals surface area contributed by atoms with Crippen molar-refractivity contribution < 1.29 is 19.2 Å². The first kappa shape index (κ1) is 12.8. The molecule has 1 heterocycles. The van der Waals surface area contributed by atoms with E-state index in [1.54, 1.807) is 12.1 Å². The summed E-state index contributed by atoms with van der Waals surface area (Å²) in [6.07, 6.45) is 1.94. The van der Waals surface area contributed by atoms with Gasteiger partial charge in [0, 0.05) is 12.6 Å². The molecule has 19 heavy (non-hydrogen) atoms. The van der Waals surface area contributed by atoms with Gasteiger partial charge in [-0.15, -0.1) is 0 Å². The van der Waals surface area contributed by atoms with Crippen LogP contribution in [-0.4, -0.2) is 28.7 Å². The molecule has 2 N–H and O–H groups in total. The second-order valence-corrected chi connectivity index (χ2v) is 3.89. The molecule has 0 atom stereocenters. The lowest BCUT2D eigenvalue weighted by Crippen LogP contribution is -2.25. The van der Waals surface area contributed by atoms with E-state index in [2.05, 4.69) is 10.5 Å².